The van der Waals surface area contributed by atoms with Gasteiger partial charge in [0, 0.05) is 12.1 Å². The van der Waals surface area contributed by atoms with E-state index < -0.39 is 0 Å². The van der Waals surface area contributed by atoms with Gasteiger partial charge in [0.15, 0.2) is 0 Å². The van der Waals surface area contributed by atoms with E-state index in [1.807, 2.05) is 30.3 Å². The van der Waals surface area contributed by atoms with Gasteiger partial charge in [0.1, 0.15) is 18.2 Å². The van der Waals surface area contributed by atoms with Crippen molar-refractivity contribution in [1.29, 1.82) is 0 Å². The molecule has 0 aliphatic carbocycles. The molecule has 2 aromatic carbocycles. The summed E-state index contributed by atoms with van der Waals surface area (Å²) >= 11 is 0. The fourth-order valence-corrected chi connectivity index (χ4v) is 2.09. The first-order valence-corrected chi connectivity index (χ1v) is 7.06. The molecule has 0 aromatic heterocycles. The predicted molar refractivity (Wildman–Crippen MR) is 83.9 cm³/mol. The molecule has 0 aliphatic rings. The predicted octanol–water partition coefficient (Wildman–Crippen LogP) is 3.72. The highest BCUT2D eigenvalue weighted by atomic mass is 19.1. The highest BCUT2D eigenvalue weighted by molar-refractivity contribution is 5.33. The lowest BCUT2D eigenvalue weighted by Gasteiger charge is -2.11. The largest absolute Gasteiger partial charge is 0.489 e. The molecule has 0 saturated heterocycles. The lowest BCUT2D eigenvalue weighted by Crippen LogP contribution is -2.17. The second-order valence-corrected chi connectivity index (χ2v) is 4.76. The van der Waals surface area contributed by atoms with Crippen LogP contribution in [0.5, 0.6) is 5.75 Å². The van der Waals surface area contributed by atoms with E-state index in [-0.39, 0.29) is 5.82 Å². The zero-order chi connectivity index (χ0) is 14.9. The van der Waals surface area contributed by atoms with Crippen LogP contribution in [0.2, 0.25) is 0 Å². The summed E-state index contributed by atoms with van der Waals surface area (Å²) in [6.45, 7) is 5.67. The summed E-state index contributed by atoms with van der Waals surface area (Å²) in [6.07, 6.45) is 2.53. The molecule has 0 heterocycles. The molecule has 2 nitrogen and oxygen atoms in total. The third kappa shape index (κ3) is 5.04. The first-order valence-electron chi connectivity index (χ1n) is 7.06. The maximum Gasteiger partial charge on any atom is 0.124 e. The monoisotopic (exact) mass is 285 g/mol. The molecule has 0 fully saturated rings. The van der Waals surface area contributed by atoms with Crippen LogP contribution in [-0.4, -0.2) is 13.2 Å². The van der Waals surface area contributed by atoms with Crippen LogP contribution in [0, 0.1) is 5.82 Å². The summed E-state index contributed by atoms with van der Waals surface area (Å²) < 4.78 is 18.7. The van der Waals surface area contributed by atoms with E-state index in [1.54, 1.807) is 18.2 Å². The van der Waals surface area contributed by atoms with Crippen LogP contribution in [-0.2, 0) is 13.0 Å². The molecule has 3 heteroatoms. The van der Waals surface area contributed by atoms with E-state index in [0.717, 1.165) is 36.4 Å². The average Bonchev–Trinajstić information content (AvgIpc) is 2.50. The van der Waals surface area contributed by atoms with Gasteiger partial charge in [-0.05, 0) is 36.7 Å². The minimum atomic E-state index is -0.185. The van der Waals surface area contributed by atoms with E-state index in [9.17, 15) is 4.39 Å². The van der Waals surface area contributed by atoms with Crippen molar-refractivity contribution in [2.24, 2.45) is 0 Å². The second-order valence-electron chi connectivity index (χ2n) is 4.76. The van der Waals surface area contributed by atoms with E-state index >= 15 is 0 Å². The first-order chi connectivity index (χ1) is 10.3. The van der Waals surface area contributed by atoms with Crippen molar-refractivity contribution in [3.8, 4) is 5.75 Å². The Hall–Kier alpha value is -2.13. The summed E-state index contributed by atoms with van der Waals surface area (Å²) in [5.74, 6) is 0.686. The van der Waals surface area contributed by atoms with Crippen LogP contribution < -0.4 is 10.1 Å². The Morgan fingerprint density at radius 1 is 1.14 bits per heavy atom. The zero-order valence-electron chi connectivity index (χ0n) is 12.0. The Balaban J connectivity index is 1.82. The topological polar surface area (TPSA) is 21.3 Å². The van der Waals surface area contributed by atoms with Gasteiger partial charge < -0.3 is 10.1 Å². The third-order valence-electron chi connectivity index (χ3n) is 3.12. The number of para-hydroxylation sites is 1. The summed E-state index contributed by atoms with van der Waals surface area (Å²) in [4.78, 5) is 0. The molecule has 2 aromatic rings. The van der Waals surface area contributed by atoms with Crippen LogP contribution in [0.4, 0.5) is 4.39 Å². The highest BCUT2D eigenvalue weighted by Gasteiger charge is 2.02. The molecule has 1 N–H and O–H groups in total. The lowest BCUT2D eigenvalue weighted by molar-refractivity contribution is 0.358. The fourth-order valence-electron chi connectivity index (χ4n) is 2.09. The molecule has 0 saturated carbocycles. The van der Waals surface area contributed by atoms with E-state index in [1.165, 1.54) is 6.07 Å². The SMILES string of the molecule is C=CCOc1ccccc1CNCCc1cccc(F)c1. The molecule has 21 heavy (non-hydrogen) atoms. The first kappa shape index (κ1) is 15.3. The average molecular weight is 285 g/mol. The van der Waals surface area contributed by atoms with Gasteiger partial charge in [-0.2, -0.15) is 0 Å². The molecule has 0 radical (unpaired) electrons. The molecule has 0 amide bonds. The van der Waals surface area contributed by atoms with Gasteiger partial charge >= 0.3 is 0 Å². The van der Waals surface area contributed by atoms with Gasteiger partial charge in [-0.25, -0.2) is 4.39 Å². The number of benzene rings is 2. The number of nitrogens with one attached hydrogen (secondary N) is 1. The van der Waals surface area contributed by atoms with Gasteiger partial charge in [0.2, 0.25) is 0 Å². The van der Waals surface area contributed by atoms with Gasteiger partial charge in [0.25, 0.3) is 0 Å². The molecule has 0 bridgehead atoms. The Morgan fingerprint density at radius 3 is 2.81 bits per heavy atom. The van der Waals surface area contributed by atoms with E-state index in [2.05, 4.69) is 11.9 Å². The van der Waals surface area contributed by atoms with Crippen LogP contribution in [0.25, 0.3) is 0 Å². The molecule has 0 unspecified atom stereocenters. The Labute approximate surface area is 125 Å². The number of rotatable bonds is 8. The lowest BCUT2D eigenvalue weighted by atomic mass is 10.1. The number of ether oxygens (including phenoxy) is 1. The smallest absolute Gasteiger partial charge is 0.124 e. The number of hydrogen-bond acceptors (Lipinski definition) is 2. The van der Waals surface area contributed by atoms with Crippen molar-refractivity contribution in [3.05, 3.63) is 78.1 Å². The van der Waals surface area contributed by atoms with E-state index in [0.29, 0.717) is 6.61 Å². The van der Waals surface area contributed by atoms with Crippen LogP contribution in [0.3, 0.4) is 0 Å². The van der Waals surface area contributed by atoms with Gasteiger partial charge in [-0.1, -0.05) is 43.0 Å². The summed E-state index contributed by atoms with van der Waals surface area (Å²) in [6, 6.07) is 14.6. The zero-order valence-corrected chi connectivity index (χ0v) is 12.0. The second kappa shape index (κ2) is 8.22. The van der Waals surface area contributed by atoms with E-state index in [4.69, 9.17) is 4.74 Å². The quantitative estimate of drug-likeness (QED) is 0.589. The van der Waals surface area contributed by atoms with Crippen molar-refractivity contribution < 1.29 is 9.13 Å². The minimum absolute atomic E-state index is 0.185. The fraction of sp³-hybridized carbons (Fsp3) is 0.222. The molecule has 0 aliphatic heterocycles. The minimum Gasteiger partial charge on any atom is -0.489 e. The molecular weight excluding hydrogens is 265 g/mol. The standard InChI is InChI=1S/C18H20FNO/c1-2-12-21-18-9-4-3-7-16(18)14-20-11-10-15-6-5-8-17(19)13-15/h2-9,13,20H,1,10-12,14H2. The van der Waals surface area contributed by atoms with Crippen molar-refractivity contribution in [3.63, 3.8) is 0 Å². The molecular formula is C18H20FNO. The van der Waals surface area contributed by atoms with Gasteiger partial charge in [-0.3, -0.25) is 0 Å². The summed E-state index contributed by atoms with van der Waals surface area (Å²) in [5, 5.41) is 3.36. The Bertz CT molecular complexity index is 583. The maximum atomic E-state index is 13.1. The normalized spacial score (nSPS) is 10.3. The highest BCUT2D eigenvalue weighted by Crippen LogP contribution is 2.17. The van der Waals surface area contributed by atoms with Gasteiger partial charge in [0.05, 0.1) is 0 Å². The van der Waals surface area contributed by atoms with Gasteiger partial charge in [-0.15, -0.1) is 0 Å². The molecule has 0 atom stereocenters. The Kier molecular flexibility index (Phi) is 5.98. The maximum absolute atomic E-state index is 13.1. The van der Waals surface area contributed by atoms with Crippen LogP contribution >= 0.6 is 0 Å². The Morgan fingerprint density at radius 2 is 2.00 bits per heavy atom. The molecule has 2 rings (SSSR count). The molecule has 0 spiro atoms. The van der Waals surface area contributed by atoms with Crippen molar-refractivity contribution in [2.75, 3.05) is 13.2 Å². The molecule has 110 valence electrons. The summed E-state index contributed by atoms with van der Waals surface area (Å²) in [5.41, 5.74) is 2.11. The number of hydrogen-bond donors (Lipinski definition) is 1. The van der Waals surface area contributed by atoms with Crippen molar-refractivity contribution >= 4 is 0 Å². The van der Waals surface area contributed by atoms with Crippen molar-refractivity contribution in [1.82, 2.24) is 5.32 Å². The van der Waals surface area contributed by atoms with Crippen LogP contribution in [0.1, 0.15) is 11.1 Å². The van der Waals surface area contributed by atoms with Crippen molar-refractivity contribution in [2.45, 2.75) is 13.0 Å². The summed E-state index contributed by atoms with van der Waals surface area (Å²) in [7, 11) is 0. The van der Waals surface area contributed by atoms with Crippen LogP contribution in [0.15, 0.2) is 61.2 Å². The third-order valence-corrected chi connectivity index (χ3v) is 3.12. The number of halogens is 1.